The Morgan fingerprint density at radius 1 is 1.06 bits per heavy atom. The van der Waals surface area contributed by atoms with Crippen LogP contribution in [0.5, 0.6) is 11.5 Å². The lowest BCUT2D eigenvalue weighted by atomic mass is 10.2. The topological polar surface area (TPSA) is 103 Å². The monoisotopic (exact) mass is 434 g/mol. The highest BCUT2D eigenvalue weighted by atomic mass is 19.1. The van der Waals surface area contributed by atoms with Gasteiger partial charge in [0.15, 0.2) is 23.0 Å². The average Bonchev–Trinajstić information content (AvgIpc) is 3.44. The Bertz CT molecular complexity index is 1290. The average molecular weight is 434 g/mol. The van der Waals surface area contributed by atoms with Gasteiger partial charge in [0, 0.05) is 25.1 Å². The standard InChI is InChI=1S/C22H19FN6O3/c23-16-3-1-2-15(11-16)22(30)24-9-8-21-27-26-20-7-6-19(28-29(20)21)25-12-14-4-5-17-18(10-14)32-13-31-17/h1-7,10-11H,8-9,12-13H2,(H,24,30)(H,25,28). The maximum Gasteiger partial charge on any atom is 0.251 e. The van der Waals surface area contributed by atoms with E-state index in [0.29, 0.717) is 36.8 Å². The second-order valence-electron chi connectivity index (χ2n) is 7.16. The van der Waals surface area contributed by atoms with Gasteiger partial charge in [-0.3, -0.25) is 4.79 Å². The number of benzene rings is 2. The predicted molar refractivity (Wildman–Crippen MR) is 113 cm³/mol. The number of halogens is 1. The molecule has 0 saturated carbocycles. The van der Waals surface area contributed by atoms with Crippen LogP contribution in [0, 0.1) is 5.82 Å². The molecule has 0 atom stereocenters. The van der Waals surface area contributed by atoms with Crippen LogP contribution in [0.25, 0.3) is 5.65 Å². The Morgan fingerprint density at radius 3 is 2.88 bits per heavy atom. The highest BCUT2D eigenvalue weighted by Gasteiger charge is 2.14. The second kappa shape index (κ2) is 8.50. The summed E-state index contributed by atoms with van der Waals surface area (Å²) in [4.78, 5) is 12.2. The third-order valence-corrected chi connectivity index (χ3v) is 4.96. The zero-order valence-corrected chi connectivity index (χ0v) is 16.9. The van der Waals surface area contributed by atoms with Gasteiger partial charge in [-0.1, -0.05) is 12.1 Å². The third kappa shape index (κ3) is 4.15. The molecule has 1 aliphatic rings. The molecule has 2 aromatic heterocycles. The Labute approximate surface area is 182 Å². The summed E-state index contributed by atoms with van der Waals surface area (Å²) in [5.74, 6) is 1.93. The fraction of sp³-hybridized carbons (Fsp3) is 0.182. The predicted octanol–water partition coefficient (Wildman–Crippen LogP) is 2.58. The quantitative estimate of drug-likeness (QED) is 0.461. The van der Waals surface area contributed by atoms with Crippen molar-refractivity contribution in [1.29, 1.82) is 0 Å². The van der Waals surface area contributed by atoms with Gasteiger partial charge in [-0.05, 0) is 48.0 Å². The van der Waals surface area contributed by atoms with E-state index in [0.717, 1.165) is 17.1 Å². The fourth-order valence-corrected chi connectivity index (χ4v) is 3.35. The summed E-state index contributed by atoms with van der Waals surface area (Å²) in [5.41, 5.74) is 1.90. The Morgan fingerprint density at radius 2 is 1.97 bits per heavy atom. The van der Waals surface area contributed by atoms with Gasteiger partial charge in [0.25, 0.3) is 5.91 Å². The van der Waals surface area contributed by atoms with Gasteiger partial charge < -0.3 is 20.1 Å². The SMILES string of the molecule is O=C(NCCc1nnc2ccc(NCc3ccc4c(c3)OCO4)nn12)c1cccc(F)c1. The number of carbonyl (C=O) groups excluding carboxylic acids is 1. The van der Waals surface area contributed by atoms with Crippen LogP contribution in [0.15, 0.2) is 54.6 Å². The summed E-state index contributed by atoms with van der Waals surface area (Å²) in [6.45, 7) is 1.10. The van der Waals surface area contributed by atoms with Gasteiger partial charge in [0.1, 0.15) is 11.6 Å². The number of carbonyl (C=O) groups is 1. The van der Waals surface area contributed by atoms with Crippen LogP contribution >= 0.6 is 0 Å². The summed E-state index contributed by atoms with van der Waals surface area (Å²) in [6, 6.07) is 15.0. The lowest BCUT2D eigenvalue weighted by Gasteiger charge is -2.08. The van der Waals surface area contributed by atoms with E-state index in [-0.39, 0.29) is 18.3 Å². The molecule has 3 heterocycles. The van der Waals surface area contributed by atoms with Crippen LogP contribution in [0.1, 0.15) is 21.7 Å². The molecule has 1 amide bonds. The van der Waals surface area contributed by atoms with Gasteiger partial charge in [0.05, 0.1) is 0 Å². The van der Waals surface area contributed by atoms with Gasteiger partial charge >= 0.3 is 0 Å². The molecule has 0 unspecified atom stereocenters. The van der Waals surface area contributed by atoms with Crippen molar-refractivity contribution in [2.75, 3.05) is 18.7 Å². The Hall–Kier alpha value is -4.21. The van der Waals surface area contributed by atoms with Crippen LogP contribution in [-0.4, -0.2) is 39.1 Å². The summed E-state index contributed by atoms with van der Waals surface area (Å²) in [7, 11) is 0. The van der Waals surface area contributed by atoms with Crippen LogP contribution < -0.4 is 20.1 Å². The molecule has 0 bridgehead atoms. The van der Waals surface area contributed by atoms with E-state index in [9.17, 15) is 9.18 Å². The molecule has 0 aliphatic carbocycles. The van der Waals surface area contributed by atoms with Crippen molar-refractivity contribution in [3.63, 3.8) is 0 Å². The summed E-state index contributed by atoms with van der Waals surface area (Å²) in [6.07, 6.45) is 0.417. The highest BCUT2D eigenvalue weighted by molar-refractivity contribution is 5.94. The number of rotatable bonds is 7. The molecule has 162 valence electrons. The first-order valence-electron chi connectivity index (χ1n) is 10.0. The molecule has 32 heavy (non-hydrogen) atoms. The van der Waals surface area contributed by atoms with Crippen molar-refractivity contribution in [1.82, 2.24) is 25.1 Å². The van der Waals surface area contributed by atoms with Crippen molar-refractivity contribution >= 4 is 17.4 Å². The first kappa shape index (κ1) is 19.7. The molecule has 1 aliphatic heterocycles. The zero-order valence-electron chi connectivity index (χ0n) is 16.9. The number of fused-ring (bicyclic) bond motifs is 2. The second-order valence-corrected chi connectivity index (χ2v) is 7.16. The number of ether oxygens (including phenoxy) is 2. The molecular weight excluding hydrogens is 415 g/mol. The maximum absolute atomic E-state index is 13.3. The van der Waals surface area contributed by atoms with Crippen LogP contribution in [0.4, 0.5) is 10.2 Å². The lowest BCUT2D eigenvalue weighted by molar-refractivity contribution is 0.0953. The third-order valence-electron chi connectivity index (χ3n) is 4.96. The number of nitrogens with zero attached hydrogens (tertiary/aromatic N) is 4. The van der Waals surface area contributed by atoms with Gasteiger partial charge in [-0.15, -0.1) is 15.3 Å². The molecule has 2 aromatic carbocycles. The molecule has 0 fully saturated rings. The van der Waals surface area contributed by atoms with E-state index in [1.54, 1.807) is 10.6 Å². The number of anilines is 1. The van der Waals surface area contributed by atoms with Crippen molar-refractivity contribution in [2.45, 2.75) is 13.0 Å². The molecule has 0 spiro atoms. The number of aromatic nitrogens is 4. The molecule has 5 rings (SSSR count). The number of nitrogens with one attached hydrogen (secondary N) is 2. The molecule has 0 radical (unpaired) electrons. The smallest absolute Gasteiger partial charge is 0.251 e. The van der Waals surface area contributed by atoms with Gasteiger partial charge in [0.2, 0.25) is 6.79 Å². The van der Waals surface area contributed by atoms with Gasteiger partial charge in [-0.2, -0.15) is 4.52 Å². The minimum absolute atomic E-state index is 0.240. The van der Waals surface area contributed by atoms with E-state index >= 15 is 0 Å². The first-order valence-corrected chi connectivity index (χ1v) is 10.0. The first-order chi connectivity index (χ1) is 15.7. The van der Waals surface area contributed by atoms with Crippen LogP contribution in [0.3, 0.4) is 0 Å². The van der Waals surface area contributed by atoms with E-state index in [2.05, 4.69) is 25.9 Å². The molecule has 10 heteroatoms. The molecule has 2 N–H and O–H groups in total. The van der Waals surface area contributed by atoms with Crippen LogP contribution in [0.2, 0.25) is 0 Å². The molecule has 0 saturated heterocycles. The summed E-state index contributed by atoms with van der Waals surface area (Å²) in [5, 5.41) is 18.9. The maximum atomic E-state index is 13.3. The highest BCUT2D eigenvalue weighted by Crippen LogP contribution is 2.32. The number of hydrogen-bond acceptors (Lipinski definition) is 7. The Kier molecular flexibility index (Phi) is 5.24. The van der Waals surface area contributed by atoms with Gasteiger partial charge in [-0.25, -0.2) is 4.39 Å². The molecule has 4 aromatic rings. The normalized spacial score (nSPS) is 12.2. The van der Waals surface area contributed by atoms with Crippen molar-refractivity contribution in [2.24, 2.45) is 0 Å². The molecule has 9 nitrogen and oxygen atoms in total. The van der Waals surface area contributed by atoms with Crippen molar-refractivity contribution in [3.05, 3.63) is 77.4 Å². The Balaban J connectivity index is 1.22. The van der Waals surface area contributed by atoms with Crippen LogP contribution in [-0.2, 0) is 13.0 Å². The number of hydrogen-bond donors (Lipinski definition) is 2. The van der Waals surface area contributed by atoms with E-state index < -0.39 is 5.82 Å². The largest absolute Gasteiger partial charge is 0.454 e. The zero-order chi connectivity index (χ0) is 21.9. The summed E-state index contributed by atoms with van der Waals surface area (Å²) >= 11 is 0. The fourth-order valence-electron chi connectivity index (χ4n) is 3.35. The van der Waals surface area contributed by atoms with Crippen molar-refractivity contribution < 1.29 is 18.7 Å². The van der Waals surface area contributed by atoms with E-state index in [1.165, 1.54) is 18.2 Å². The van der Waals surface area contributed by atoms with Crippen molar-refractivity contribution in [3.8, 4) is 11.5 Å². The lowest BCUT2D eigenvalue weighted by Crippen LogP contribution is -2.26. The molecular formula is C22H19FN6O3. The summed E-state index contributed by atoms with van der Waals surface area (Å²) < 4.78 is 25.7. The van der Waals surface area contributed by atoms with E-state index in [1.807, 2.05) is 30.3 Å². The minimum Gasteiger partial charge on any atom is -0.454 e. The van der Waals surface area contributed by atoms with E-state index in [4.69, 9.17) is 9.47 Å². The number of amides is 1. The minimum atomic E-state index is -0.453.